The van der Waals surface area contributed by atoms with Crippen molar-refractivity contribution in [2.24, 2.45) is 16.5 Å². The van der Waals surface area contributed by atoms with Crippen molar-refractivity contribution in [1.82, 2.24) is 0 Å². The average molecular weight is 504 g/mol. The lowest BCUT2D eigenvalue weighted by Crippen LogP contribution is -2.39. The monoisotopic (exact) mass is 503 g/mol. The summed E-state index contributed by atoms with van der Waals surface area (Å²) in [4.78, 5) is 17.8. The number of guanidine groups is 1. The topological polar surface area (TPSA) is 174 Å². The van der Waals surface area contributed by atoms with E-state index in [0.29, 0.717) is 35.3 Å². The number of nitrogens with two attached hydrogens (primary N) is 2. The van der Waals surface area contributed by atoms with Crippen LogP contribution in [0.3, 0.4) is 0 Å². The maximum atomic E-state index is 13.9. The first-order chi connectivity index (χ1) is 17.1. The lowest BCUT2D eigenvalue weighted by atomic mass is 9.95. The van der Waals surface area contributed by atoms with Gasteiger partial charge in [0.25, 0.3) is 0 Å². The van der Waals surface area contributed by atoms with Crippen LogP contribution in [0.2, 0.25) is 0 Å². The molecule has 1 saturated carbocycles. The number of benzene rings is 1. The van der Waals surface area contributed by atoms with E-state index in [0.717, 1.165) is 31.2 Å². The van der Waals surface area contributed by atoms with Crippen molar-refractivity contribution in [2.75, 3.05) is 13.2 Å². The van der Waals surface area contributed by atoms with E-state index in [1.807, 2.05) is 0 Å². The Balaban J connectivity index is 1.87. The smallest absolute Gasteiger partial charge is 0.200 e. The van der Waals surface area contributed by atoms with Gasteiger partial charge in [-0.2, -0.15) is 0 Å². The molecule has 10 nitrogen and oxygen atoms in total. The number of nitrogens with zero attached hydrogens (tertiary/aromatic N) is 1. The first kappa shape index (κ1) is 26.2. The van der Waals surface area contributed by atoms with E-state index in [1.165, 1.54) is 0 Å². The van der Waals surface area contributed by atoms with Gasteiger partial charge in [0.15, 0.2) is 11.4 Å². The van der Waals surface area contributed by atoms with Crippen LogP contribution in [0.5, 0.6) is 11.5 Å². The molecule has 2 heterocycles. The Morgan fingerprint density at radius 1 is 1.31 bits per heavy atom. The van der Waals surface area contributed by atoms with Gasteiger partial charge in [-0.1, -0.05) is 0 Å². The lowest BCUT2D eigenvalue weighted by Gasteiger charge is -2.24. The van der Waals surface area contributed by atoms with Crippen LogP contribution in [0.25, 0.3) is 11.0 Å². The number of rotatable bonds is 10. The zero-order valence-electron chi connectivity index (χ0n) is 21.0. The summed E-state index contributed by atoms with van der Waals surface area (Å²) in [5.41, 5.74) is 10.6. The van der Waals surface area contributed by atoms with Crippen LogP contribution in [-0.4, -0.2) is 52.2 Å². The summed E-state index contributed by atoms with van der Waals surface area (Å²) < 4.78 is 18.7. The molecular formula is C26H37N3O7. The van der Waals surface area contributed by atoms with E-state index in [2.05, 4.69) is 4.99 Å². The highest BCUT2D eigenvalue weighted by atomic mass is 16.5. The van der Waals surface area contributed by atoms with Crippen LogP contribution >= 0.6 is 0 Å². The molecule has 2 atom stereocenters. The van der Waals surface area contributed by atoms with Gasteiger partial charge in [0.2, 0.25) is 0 Å². The van der Waals surface area contributed by atoms with Crippen LogP contribution in [-0.2, 0) is 12.8 Å². The highest BCUT2D eigenvalue weighted by molar-refractivity contribution is 5.88. The quantitative estimate of drug-likeness (QED) is 0.239. The molecular weight excluding hydrogens is 466 g/mol. The van der Waals surface area contributed by atoms with Gasteiger partial charge in [-0.25, -0.2) is 0 Å². The van der Waals surface area contributed by atoms with E-state index in [1.54, 1.807) is 19.9 Å². The normalized spacial score (nSPS) is 18.8. The Bertz CT molecular complexity index is 1170. The second kappa shape index (κ2) is 10.7. The molecule has 4 rings (SSSR count). The maximum Gasteiger partial charge on any atom is 0.200 e. The van der Waals surface area contributed by atoms with Crippen molar-refractivity contribution < 1.29 is 29.2 Å². The summed E-state index contributed by atoms with van der Waals surface area (Å²) in [6.45, 7) is 3.41. The van der Waals surface area contributed by atoms with E-state index in [-0.39, 0.29) is 54.8 Å². The Labute approximate surface area is 209 Å². The Kier molecular flexibility index (Phi) is 7.77. The predicted octanol–water partition coefficient (Wildman–Crippen LogP) is 1.81. The van der Waals surface area contributed by atoms with Crippen molar-refractivity contribution in [3.05, 3.63) is 33.2 Å². The van der Waals surface area contributed by atoms with Gasteiger partial charge in [-0.15, -0.1) is 0 Å². The Morgan fingerprint density at radius 2 is 2.03 bits per heavy atom. The number of aliphatic hydroxyl groups excluding tert-OH is 2. The molecule has 0 radical (unpaired) electrons. The van der Waals surface area contributed by atoms with Crippen molar-refractivity contribution in [3.8, 4) is 11.5 Å². The summed E-state index contributed by atoms with van der Waals surface area (Å²) in [5, 5.41) is 31.2. The molecule has 0 saturated heterocycles. The highest BCUT2D eigenvalue weighted by Gasteiger charge is 2.39. The largest absolute Gasteiger partial charge is 0.489 e. The fraction of sp³-hybridized carbons (Fsp3) is 0.615. The SMILES string of the molecule is CC(C)(O)[C@H]1Cc2c(cc3oc([C@H](O)CCN=C(N)N)c(CCCO)c(=O)c3c2OC2CCCC2)O1. The molecule has 36 heavy (non-hydrogen) atoms. The summed E-state index contributed by atoms with van der Waals surface area (Å²) in [5.74, 6) is 0.956. The molecule has 1 aliphatic heterocycles. The van der Waals surface area contributed by atoms with Crippen molar-refractivity contribution in [1.29, 1.82) is 0 Å². The Morgan fingerprint density at radius 3 is 2.67 bits per heavy atom. The number of ether oxygens (including phenoxy) is 2. The summed E-state index contributed by atoms with van der Waals surface area (Å²) in [7, 11) is 0. The molecule has 1 aromatic carbocycles. The van der Waals surface area contributed by atoms with E-state index in [4.69, 9.17) is 25.4 Å². The zero-order chi connectivity index (χ0) is 26.0. The number of aliphatic hydroxyl groups is 3. The van der Waals surface area contributed by atoms with Gasteiger partial charge in [0.05, 0.1) is 11.7 Å². The maximum absolute atomic E-state index is 13.9. The van der Waals surface area contributed by atoms with E-state index in [9.17, 15) is 20.1 Å². The molecule has 0 bridgehead atoms. The third-order valence-electron chi connectivity index (χ3n) is 6.94. The third kappa shape index (κ3) is 5.45. The van der Waals surface area contributed by atoms with Gasteiger partial charge in [0.1, 0.15) is 40.4 Å². The van der Waals surface area contributed by atoms with Crippen LogP contribution in [0.1, 0.15) is 75.4 Å². The molecule has 198 valence electrons. The summed E-state index contributed by atoms with van der Waals surface area (Å²) in [6.07, 6.45) is 3.34. The van der Waals surface area contributed by atoms with Gasteiger partial charge < -0.3 is 40.7 Å². The minimum atomic E-state index is -1.13. The first-order valence-corrected chi connectivity index (χ1v) is 12.7. The van der Waals surface area contributed by atoms with Crippen LogP contribution in [0, 0.1) is 0 Å². The second-order valence-corrected chi connectivity index (χ2v) is 10.3. The number of hydrogen-bond acceptors (Lipinski definition) is 8. The average Bonchev–Trinajstić information content (AvgIpc) is 3.47. The Hall–Kier alpha value is -2.82. The number of hydrogen-bond donors (Lipinski definition) is 5. The molecule has 10 heteroatoms. The fourth-order valence-electron chi connectivity index (χ4n) is 4.98. The van der Waals surface area contributed by atoms with Crippen molar-refractivity contribution >= 4 is 16.9 Å². The van der Waals surface area contributed by atoms with Crippen LogP contribution < -0.4 is 26.4 Å². The molecule has 0 unspecified atom stereocenters. The molecule has 1 fully saturated rings. The fourth-order valence-corrected chi connectivity index (χ4v) is 4.98. The molecule has 0 amide bonds. The standard InChI is InChI=1S/C26H37N3O7/c1-26(2,33)20-12-16-18(35-20)13-19-21(24(16)34-14-6-3-4-7-14)22(32)15(8-5-11-30)23(36-19)17(31)9-10-29-25(27)28/h13-14,17,20,30-31,33H,3-12H2,1-2H3,(H4,27,28,29)/t17-,20-/m1/s1. The van der Waals surface area contributed by atoms with Gasteiger partial charge in [-0.3, -0.25) is 9.79 Å². The van der Waals surface area contributed by atoms with Crippen molar-refractivity contribution in [3.63, 3.8) is 0 Å². The molecule has 1 aromatic heterocycles. The van der Waals surface area contributed by atoms with Crippen molar-refractivity contribution in [2.45, 2.75) is 89.1 Å². The molecule has 0 spiro atoms. The summed E-state index contributed by atoms with van der Waals surface area (Å²) in [6, 6.07) is 1.64. The highest BCUT2D eigenvalue weighted by Crippen LogP contribution is 2.45. The van der Waals surface area contributed by atoms with Gasteiger partial charge >= 0.3 is 0 Å². The third-order valence-corrected chi connectivity index (χ3v) is 6.94. The van der Waals surface area contributed by atoms with Gasteiger partial charge in [0, 0.05) is 43.2 Å². The van der Waals surface area contributed by atoms with Crippen LogP contribution in [0.4, 0.5) is 0 Å². The first-order valence-electron chi connectivity index (χ1n) is 12.7. The number of aliphatic imine (C=N–C) groups is 1. The lowest BCUT2D eigenvalue weighted by molar-refractivity contribution is -0.0229. The van der Waals surface area contributed by atoms with E-state index < -0.39 is 17.8 Å². The second-order valence-electron chi connectivity index (χ2n) is 10.3. The summed E-state index contributed by atoms with van der Waals surface area (Å²) >= 11 is 0. The van der Waals surface area contributed by atoms with Crippen LogP contribution in [0.15, 0.2) is 20.3 Å². The molecule has 7 N–H and O–H groups in total. The minimum Gasteiger partial charge on any atom is -0.489 e. The van der Waals surface area contributed by atoms with E-state index >= 15 is 0 Å². The zero-order valence-corrected chi connectivity index (χ0v) is 21.0. The predicted molar refractivity (Wildman–Crippen MR) is 135 cm³/mol. The molecule has 1 aliphatic carbocycles. The van der Waals surface area contributed by atoms with Gasteiger partial charge in [-0.05, 0) is 52.4 Å². The number of fused-ring (bicyclic) bond motifs is 2. The molecule has 2 aromatic rings. The molecule has 2 aliphatic rings. The minimum absolute atomic E-state index is 0.0222.